The Kier molecular flexibility index (Phi) is 5.88. The first-order valence-electron chi connectivity index (χ1n) is 10.6. The number of amides is 2. The highest BCUT2D eigenvalue weighted by Crippen LogP contribution is 2.27. The van der Waals surface area contributed by atoms with E-state index in [4.69, 9.17) is 0 Å². The maximum atomic E-state index is 14.5. The lowest BCUT2D eigenvalue weighted by atomic mass is 10.2. The van der Waals surface area contributed by atoms with Crippen LogP contribution in [-0.4, -0.2) is 27.5 Å². The van der Waals surface area contributed by atoms with E-state index in [1.807, 2.05) is 31.2 Å². The van der Waals surface area contributed by atoms with E-state index in [9.17, 15) is 18.8 Å². The molecule has 0 radical (unpaired) electrons. The number of hydrogen-bond acceptors (Lipinski definition) is 3. The molecule has 0 saturated carbocycles. The molecule has 7 nitrogen and oxygen atoms in total. The smallest absolute Gasteiger partial charge is 0.326 e. The van der Waals surface area contributed by atoms with Gasteiger partial charge in [0.25, 0.3) is 0 Å². The zero-order valence-electron chi connectivity index (χ0n) is 17.4. The van der Waals surface area contributed by atoms with Gasteiger partial charge in [0.05, 0.1) is 16.7 Å². The van der Waals surface area contributed by atoms with E-state index in [1.165, 1.54) is 17.0 Å². The van der Waals surface area contributed by atoms with Crippen LogP contribution in [0, 0.1) is 5.82 Å². The number of nitrogens with zero attached hydrogens (tertiary/aromatic N) is 3. The number of aryl methyl sites for hydroxylation is 2. The zero-order valence-corrected chi connectivity index (χ0v) is 17.4. The zero-order chi connectivity index (χ0) is 22.0. The molecule has 162 valence electrons. The highest BCUT2D eigenvalue weighted by atomic mass is 19.1. The Morgan fingerprint density at radius 1 is 1.06 bits per heavy atom. The molecule has 8 heteroatoms. The molecule has 0 atom stereocenters. The third-order valence-electron chi connectivity index (χ3n) is 5.53. The number of halogens is 1. The van der Waals surface area contributed by atoms with Crippen molar-refractivity contribution in [1.82, 2.24) is 9.13 Å². The Morgan fingerprint density at radius 2 is 1.77 bits per heavy atom. The number of benzene rings is 2. The van der Waals surface area contributed by atoms with Gasteiger partial charge in [-0.1, -0.05) is 19.1 Å². The number of rotatable bonds is 7. The molecule has 1 fully saturated rings. The van der Waals surface area contributed by atoms with Gasteiger partial charge < -0.3 is 10.2 Å². The topological polar surface area (TPSA) is 76.3 Å². The minimum atomic E-state index is -0.549. The van der Waals surface area contributed by atoms with Crippen molar-refractivity contribution in [2.75, 3.05) is 16.8 Å². The second-order valence-electron chi connectivity index (χ2n) is 7.69. The summed E-state index contributed by atoms with van der Waals surface area (Å²) in [6.07, 6.45) is 2.05. The largest absolute Gasteiger partial charge is 0.329 e. The van der Waals surface area contributed by atoms with Crippen LogP contribution in [0.3, 0.4) is 0 Å². The molecule has 0 spiro atoms. The molecule has 1 aromatic heterocycles. The third-order valence-corrected chi connectivity index (χ3v) is 5.53. The van der Waals surface area contributed by atoms with E-state index in [2.05, 4.69) is 5.32 Å². The van der Waals surface area contributed by atoms with Crippen LogP contribution in [0.15, 0.2) is 47.3 Å². The van der Waals surface area contributed by atoms with Gasteiger partial charge in [-0.25, -0.2) is 9.18 Å². The summed E-state index contributed by atoms with van der Waals surface area (Å²) in [4.78, 5) is 38.5. The number of carbonyl (C=O) groups excluding carboxylic acids is 2. The van der Waals surface area contributed by atoms with Gasteiger partial charge in [-0.05, 0) is 43.2 Å². The first kappa shape index (κ1) is 20.8. The summed E-state index contributed by atoms with van der Waals surface area (Å²) in [6, 6.07) is 11.8. The van der Waals surface area contributed by atoms with Gasteiger partial charge in [0.1, 0.15) is 5.82 Å². The minimum Gasteiger partial charge on any atom is -0.326 e. The molecule has 0 unspecified atom stereocenters. The molecule has 1 aliphatic heterocycles. The molecular formula is C23H25FN4O3. The maximum Gasteiger partial charge on any atom is 0.329 e. The Hall–Kier alpha value is -3.42. The molecule has 4 rings (SSSR count). The summed E-state index contributed by atoms with van der Waals surface area (Å²) in [5.74, 6) is -0.959. The SMILES string of the molecule is CCCn1c(=O)n(CCC(=O)Nc2ccc(N3CCCC3=O)c(F)c2)c2ccccc21. The number of fused-ring (bicyclic) bond motifs is 1. The number of carbonyl (C=O) groups is 2. The Morgan fingerprint density at radius 3 is 2.39 bits per heavy atom. The fourth-order valence-corrected chi connectivity index (χ4v) is 4.07. The summed E-state index contributed by atoms with van der Waals surface area (Å²) in [6.45, 7) is 3.35. The van der Waals surface area contributed by atoms with Crippen molar-refractivity contribution in [3.63, 3.8) is 0 Å². The van der Waals surface area contributed by atoms with Crippen LogP contribution >= 0.6 is 0 Å². The molecule has 0 aliphatic carbocycles. The van der Waals surface area contributed by atoms with Gasteiger partial charge in [-0.3, -0.25) is 18.7 Å². The number of anilines is 2. The minimum absolute atomic E-state index is 0.0774. The molecule has 1 N–H and O–H groups in total. The van der Waals surface area contributed by atoms with Crippen molar-refractivity contribution < 1.29 is 14.0 Å². The van der Waals surface area contributed by atoms with Crippen molar-refractivity contribution in [3.05, 3.63) is 58.8 Å². The fourth-order valence-electron chi connectivity index (χ4n) is 4.07. The highest BCUT2D eigenvalue weighted by Gasteiger charge is 2.24. The summed E-state index contributed by atoms with van der Waals surface area (Å²) >= 11 is 0. The van der Waals surface area contributed by atoms with E-state index in [1.54, 1.807) is 15.2 Å². The summed E-state index contributed by atoms with van der Waals surface area (Å²) in [5, 5.41) is 2.68. The van der Waals surface area contributed by atoms with E-state index in [0.717, 1.165) is 17.5 Å². The Balaban J connectivity index is 1.46. The normalized spacial score (nSPS) is 13.9. The predicted molar refractivity (Wildman–Crippen MR) is 118 cm³/mol. The molecule has 0 bridgehead atoms. The standard InChI is InChI=1S/C23H25FN4O3/c1-2-12-27-19-6-3-4-7-20(19)28(23(27)31)14-11-21(29)25-16-9-10-18(17(24)15-16)26-13-5-8-22(26)30/h3-4,6-7,9-10,15H,2,5,8,11-14H2,1H3,(H,25,29). The van der Waals surface area contributed by atoms with Crippen LogP contribution in [0.25, 0.3) is 11.0 Å². The van der Waals surface area contributed by atoms with Gasteiger partial charge in [0.2, 0.25) is 11.8 Å². The molecule has 2 aromatic carbocycles. The average Bonchev–Trinajstić information content (AvgIpc) is 3.28. The number of nitrogens with one attached hydrogen (secondary N) is 1. The monoisotopic (exact) mass is 424 g/mol. The number of hydrogen-bond donors (Lipinski definition) is 1. The fraction of sp³-hybridized carbons (Fsp3) is 0.348. The first-order chi connectivity index (χ1) is 15.0. The quantitative estimate of drug-likeness (QED) is 0.631. The lowest BCUT2D eigenvalue weighted by molar-refractivity contribution is -0.117. The van der Waals surface area contributed by atoms with Crippen molar-refractivity contribution in [1.29, 1.82) is 0 Å². The number of para-hydroxylation sites is 2. The highest BCUT2D eigenvalue weighted by molar-refractivity contribution is 5.96. The van der Waals surface area contributed by atoms with Crippen molar-refractivity contribution in [2.45, 2.75) is 45.7 Å². The van der Waals surface area contributed by atoms with Crippen molar-refractivity contribution in [3.8, 4) is 0 Å². The van der Waals surface area contributed by atoms with Gasteiger partial charge >= 0.3 is 5.69 Å². The molecule has 2 amide bonds. The van der Waals surface area contributed by atoms with Crippen LogP contribution in [0.5, 0.6) is 0 Å². The van der Waals surface area contributed by atoms with Gasteiger partial charge in [-0.2, -0.15) is 0 Å². The van der Waals surface area contributed by atoms with Crippen molar-refractivity contribution >= 4 is 34.2 Å². The first-order valence-corrected chi connectivity index (χ1v) is 10.6. The average molecular weight is 424 g/mol. The Labute approximate surface area is 179 Å². The van der Waals surface area contributed by atoms with Gasteiger partial charge in [-0.15, -0.1) is 0 Å². The van der Waals surface area contributed by atoms with Crippen molar-refractivity contribution in [2.24, 2.45) is 0 Å². The maximum absolute atomic E-state index is 14.5. The molecule has 3 aromatic rings. The number of imidazole rings is 1. The molecule has 2 heterocycles. The third kappa shape index (κ3) is 4.10. The Bertz CT molecular complexity index is 1200. The molecule has 31 heavy (non-hydrogen) atoms. The van der Waals surface area contributed by atoms with E-state index >= 15 is 0 Å². The van der Waals surface area contributed by atoms with E-state index in [-0.39, 0.29) is 36.2 Å². The summed E-state index contributed by atoms with van der Waals surface area (Å²) < 4.78 is 17.8. The molecule has 1 aliphatic rings. The lowest BCUT2D eigenvalue weighted by Crippen LogP contribution is -2.26. The van der Waals surface area contributed by atoms with E-state index in [0.29, 0.717) is 31.6 Å². The second kappa shape index (κ2) is 8.75. The van der Waals surface area contributed by atoms with E-state index < -0.39 is 5.82 Å². The predicted octanol–water partition coefficient (Wildman–Crippen LogP) is 3.51. The lowest BCUT2D eigenvalue weighted by Gasteiger charge is -2.17. The summed E-state index contributed by atoms with van der Waals surface area (Å²) in [7, 11) is 0. The summed E-state index contributed by atoms with van der Waals surface area (Å²) in [5.41, 5.74) is 2.05. The number of aromatic nitrogens is 2. The van der Waals surface area contributed by atoms with Gasteiger partial charge in [0, 0.05) is 38.2 Å². The second-order valence-corrected chi connectivity index (χ2v) is 7.69. The van der Waals surface area contributed by atoms with Crippen LogP contribution in [0.2, 0.25) is 0 Å². The van der Waals surface area contributed by atoms with Crippen LogP contribution < -0.4 is 15.9 Å². The van der Waals surface area contributed by atoms with Crippen LogP contribution in [-0.2, 0) is 22.7 Å². The van der Waals surface area contributed by atoms with Crippen LogP contribution in [0.1, 0.15) is 32.6 Å². The van der Waals surface area contributed by atoms with Crippen LogP contribution in [0.4, 0.5) is 15.8 Å². The van der Waals surface area contributed by atoms with Gasteiger partial charge in [0.15, 0.2) is 0 Å². The molecule has 1 saturated heterocycles. The molecular weight excluding hydrogens is 399 g/mol.